The third-order valence-corrected chi connectivity index (χ3v) is 4.35. The fraction of sp³-hybridized carbons (Fsp3) is 0.357. The highest BCUT2D eigenvalue weighted by atomic mass is 35.5. The van der Waals surface area contributed by atoms with Gasteiger partial charge < -0.3 is 5.11 Å². The summed E-state index contributed by atoms with van der Waals surface area (Å²) in [5.74, 6) is -0.858. The molecule has 18 heavy (non-hydrogen) atoms. The summed E-state index contributed by atoms with van der Waals surface area (Å²) < 4.78 is 0. The molecule has 2 rings (SSSR count). The number of allylic oxidation sites excluding steroid dienone is 1. The van der Waals surface area contributed by atoms with Crippen molar-refractivity contribution in [1.29, 1.82) is 0 Å². The average molecular weight is 285 g/mol. The monoisotopic (exact) mass is 284 g/mol. The lowest BCUT2D eigenvalue weighted by molar-refractivity contribution is -0.133. The van der Waals surface area contributed by atoms with Crippen LogP contribution in [0.5, 0.6) is 0 Å². The molecule has 1 aromatic carbocycles. The van der Waals surface area contributed by atoms with E-state index in [1.54, 1.807) is 12.1 Å². The molecular weight excluding hydrogens is 271 g/mol. The molecule has 0 saturated heterocycles. The summed E-state index contributed by atoms with van der Waals surface area (Å²) >= 11 is 11.9. The molecule has 1 aliphatic rings. The van der Waals surface area contributed by atoms with Crippen molar-refractivity contribution in [3.8, 4) is 0 Å². The summed E-state index contributed by atoms with van der Waals surface area (Å²) in [5.41, 5.74) is 0.871. The normalized spacial score (nSPS) is 23.6. The van der Waals surface area contributed by atoms with E-state index in [9.17, 15) is 9.90 Å². The van der Waals surface area contributed by atoms with Gasteiger partial charge in [0.2, 0.25) is 0 Å². The van der Waals surface area contributed by atoms with E-state index >= 15 is 0 Å². The first-order valence-corrected chi connectivity index (χ1v) is 6.60. The van der Waals surface area contributed by atoms with E-state index in [2.05, 4.69) is 0 Å². The lowest BCUT2D eigenvalue weighted by Gasteiger charge is -2.34. The highest BCUT2D eigenvalue weighted by Gasteiger charge is 2.36. The van der Waals surface area contributed by atoms with Crippen LogP contribution in [0.4, 0.5) is 0 Å². The van der Waals surface area contributed by atoms with Gasteiger partial charge in [0.25, 0.3) is 0 Å². The Bertz CT molecular complexity index is 523. The molecule has 96 valence electrons. The molecule has 2 nitrogen and oxygen atoms in total. The van der Waals surface area contributed by atoms with Gasteiger partial charge in [-0.1, -0.05) is 42.3 Å². The van der Waals surface area contributed by atoms with E-state index in [0.29, 0.717) is 15.6 Å². The zero-order valence-corrected chi connectivity index (χ0v) is 11.6. The van der Waals surface area contributed by atoms with Crippen LogP contribution in [0.15, 0.2) is 29.8 Å². The minimum absolute atomic E-state index is 0.451. The van der Waals surface area contributed by atoms with Gasteiger partial charge in [-0.25, -0.2) is 4.79 Å². The van der Waals surface area contributed by atoms with Crippen molar-refractivity contribution in [2.45, 2.75) is 31.6 Å². The topological polar surface area (TPSA) is 37.3 Å². The van der Waals surface area contributed by atoms with Gasteiger partial charge in [-0.15, -0.1) is 0 Å². The third-order valence-electron chi connectivity index (χ3n) is 3.61. The Labute approximate surface area is 116 Å². The molecule has 0 saturated carbocycles. The maximum absolute atomic E-state index is 11.4. The Morgan fingerprint density at radius 2 is 2.06 bits per heavy atom. The Morgan fingerprint density at radius 3 is 2.67 bits per heavy atom. The Kier molecular flexibility index (Phi) is 3.69. The van der Waals surface area contributed by atoms with Crippen LogP contribution in [0.2, 0.25) is 10.0 Å². The van der Waals surface area contributed by atoms with Crippen molar-refractivity contribution in [1.82, 2.24) is 0 Å². The fourth-order valence-electron chi connectivity index (χ4n) is 2.52. The van der Waals surface area contributed by atoms with Crippen LogP contribution < -0.4 is 0 Å². The van der Waals surface area contributed by atoms with Gasteiger partial charge >= 0.3 is 5.97 Å². The van der Waals surface area contributed by atoms with Gasteiger partial charge in [-0.05, 0) is 37.0 Å². The van der Waals surface area contributed by atoms with E-state index in [-0.39, 0.29) is 0 Å². The van der Waals surface area contributed by atoms with Gasteiger partial charge in [-0.3, -0.25) is 0 Å². The van der Waals surface area contributed by atoms with Gasteiger partial charge in [0.1, 0.15) is 0 Å². The quantitative estimate of drug-likeness (QED) is 0.871. The number of benzene rings is 1. The number of hydrogen-bond donors (Lipinski definition) is 1. The molecule has 1 aliphatic carbocycles. The molecule has 1 aromatic rings. The minimum Gasteiger partial charge on any atom is -0.478 e. The van der Waals surface area contributed by atoms with Crippen molar-refractivity contribution in [2.24, 2.45) is 0 Å². The largest absolute Gasteiger partial charge is 0.478 e. The average Bonchev–Trinajstić information content (AvgIpc) is 2.32. The number of hydrogen-bond acceptors (Lipinski definition) is 1. The highest BCUT2D eigenvalue weighted by Crippen LogP contribution is 2.42. The predicted octanol–water partition coefficient (Wildman–Crippen LogP) is 4.45. The Morgan fingerprint density at radius 1 is 1.33 bits per heavy atom. The second-order valence-electron chi connectivity index (χ2n) is 4.78. The molecule has 1 unspecified atom stereocenters. The lowest BCUT2D eigenvalue weighted by atomic mass is 9.69. The molecule has 1 N–H and O–H groups in total. The first-order valence-electron chi connectivity index (χ1n) is 5.84. The van der Waals surface area contributed by atoms with Gasteiger partial charge in [0.05, 0.1) is 10.0 Å². The number of carboxylic acids is 1. The van der Waals surface area contributed by atoms with Crippen molar-refractivity contribution < 1.29 is 9.90 Å². The standard InChI is InChI=1S/C14H14Cl2O2/c1-14(7-3-2-4-10(14)13(17)18)9-5-6-11(15)12(16)8-9/h4-6,8H,2-3,7H2,1H3,(H,17,18). The van der Waals surface area contributed by atoms with E-state index in [0.717, 1.165) is 24.8 Å². The molecule has 0 spiro atoms. The van der Waals surface area contributed by atoms with Crippen molar-refractivity contribution in [2.75, 3.05) is 0 Å². The summed E-state index contributed by atoms with van der Waals surface area (Å²) in [6.45, 7) is 1.95. The minimum atomic E-state index is -0.858. The van der Waals surface area contributed by atoms with Crippen LogP contribution in [0.3, 0.4) is 0 Å². The molecule has 0 heterocycles. The zero-order valence-electron chi connectivity index (χ0n) is 10.0. The molecule has 0 bridgehead atoms. The predicted molar refractivity (Wildman–Crippen MR) is 73.4 cm³/mol. The number of carbonyl (C=O) groups is 1. The van der Waals surface area contributed by atoms with Crippen LogP contribution in [0.1, 0.15) is 31.7 Å². The zero-order chi connectivity index (χ0) is 13.3. The van der Waals surface area contributed by atoms with E-state index < -0.39 is 11.4 Å². The summed E-state index contributed by atoms with van der Waals surface area (Å²) in [7, 11) is 0. The van der Waals surface area contributed by atoms with Crippen molar-refractivity contribution in [3.05, 3.63) is 45.5 Å². The molecule has 0 amide bonds. The van der Waals surface area contributed by atoms with Crippen LogP contribution in [0, 0.1) is 0 Å². The van der Waals surface area contributed by atoms with Crippen LogP contribution in [-0.2, 0) is 10.2 Å². The Hall–Kier alpha value is -0.990. The summed E-state index contributed by atoms with van der Waals surface area (Å²) in [5, 5.41) is 10.3. The third kappa shape index (κ3) is 2.27. The van der Waals surface area contributed by atoms with E-state index in [1.165, 1.54) is 0 Å². The molecule has 0 radical (unpaired) electrons. The van der Waals surface area contributed by atoms with Gasteiger partial charge in [0, 0.05) is 11.0 Å². The van der Waals surface area contributed by atoms with Crippen molar-refractivity contribution >= 4 is 29.2 Å². The van der Waals surface area contributed by atoms with Gasteiger partial charge in [-0.2, -0.15) is 0 Å². The summed E-state index contributed by atoms with van der Waals surface area (Å²) in [6.07, 6.45) is 4.42. The van der Waals surface area contributed by atoms with E-state index in [1.807, 2.05) is 19.1 Å². The summed E-state index contributed by atoms with van der Waals surface area (Å²) in [4.78, 5) is 11.4. The maximum Gasteiger partial charge on any atom is 0.332 e. The first kappa shape index (κ1) is 13.4. The van der Waals surface area contributed by atoms with Crippen LogP contribution in [0.25, 0.3) is 0 Å². The molecular formula is C14H14Cl2O2. The fourth-order valence-corrected chi connectivity index (χ4v) is 2.82. The van der Waals surface area contributed by atoms with Gasteiger partial charge in [0.15, 0.2) is 0 Å². The van der Waals surface area contributed by atoms with E-state index in [4.69, 9.17) is 23.2 Å². The number of aliphatic carboxylic acids is 1. The Balaban J connectivity index is 2.51. The first-order chi connectivity index (χ1) is 8.45. The molecule has 0 aliphatic heterocycles. The smallest absolute Gasteiger partial charge is 0.332 e. The second-order valence-corrected chi connectivity index (χ2v) is 5.59. The number of halogens is 2. The highest BCUT2D eigenvalue weighted by molar-refractivity contribution is 6.42. The van der Waals surface area contributed by atoms with Crippen LogP contribution >= 0.6 is 23.2 Å². The lowest BCUT2D eigenvalue weighted by Crippen LogP contribution is -2.31. The van der Waals surface area contributed by atoms with Crippen molar-refractivity contribution in [3.63, 3.8) is 0 Å². The second kappa shape index (κ2) is 4.94. The van der Waals surface area contributed by atoms with Crippen LogP contribution in [-0.4, -0.2) is 11.1 Å². The molecule has 0 aromatic heterocycles. The maximum atomic E-state index is 11.4. The SMILES string of the molecule is CC1(c2ccc(Cl)c(Cl)c2)CCCC=C1C(=O)O. The number of carboxylic acid groups (broad SMARTS) is 1. The molecule has 4 heteroatoms. The molecule has 1 atom stereocenters. The molecule has 0 fully saturated rings. The number of rotatable bonds is 2. The summed E-state index contributed by atoms with van der Waals surface area (Å²) in [6, 6.07) is 5.35.